The average Bonchev–Trinajstić information content (AvgIpc) is 3.22. The van der Waals surface area contributed by atoms with Crippen LogP contribution in [0, 0.1) is 0 Å². The number of aromatic nitrogens is 2. The molecule has 1 N–H and O–H groups in total. The predicted molar refractivity (Wildman–Crippen MR) is 136 cm³/mol. The van der Waals surface area contributed by atoms with Gasteiger partial charge in [0.05, 0.1) is 25.5 Å². The van der Waals surface area contributed by atoms with Crippen molar-refractivity contribution in [2.45, 2.75) is 33.2 Å². The summed E-state index contributed by atoms with van der Waals surface area (Å²) in [5.74, 6) is 2.36. The number of carbonyl (C=O) groups excluding carboxylic acids is 1. The molecule has 1 amide bonds. The average molecular weight is 468 g/mol. The molecule has 34 heavy (non-hydrogen) atoms. The van der Waals surface area contributed by atoms with Gasteiger partial charge in [-0.25, -0.2) is 4.98 Å². The Kier molecular flexibility index (Phi) is 8.76. The Bertz CT molecular complexity index is 1110. The summed E-state index contributed by atoms with van der Waals surface area (Å²) < 4.78 is 12.9. The smallest absolute Gasteiger partial charge is 0.252 e. The van der Waals surface area contributed by atoms with Crippen molar-refractivity contribution < 1.29 is 14.3 Å². The van der Waals surface area contributed by atoms with Gasteiger partial charge in [0.25, 0.3) is 5.91 Å². The minimum Gasteiger partial charge on any atom is -0.493 e. The molecule has 0 bridgehead atoms. The number of methoxy groups -OCH3 is 2. The molecule has 3 aromatic rings. The monoisotopic (exact) mass is 467 g/mol. The molecule has 0 aliphatic carbocycles. The number of nitrogens with one attached hydrogen (secondary N) is 1. The molecule has 1 aromatic carbocycles. The van der Waals surface area contributed by atoms with Crippen LogP contribution < -0.4 is 19.7 Å². The number of carbonyl (C=O) groups is 1. The molecule has 0 saturated heterocycles. The van der Waals surface area contributed by atoms with Crippen LogP contribution in [0.2, 0.25) is 0 Å². The van der Waals surface area contributed by atoms with Gasteiger partial charge in [0.2, 0.25) is 0 Å². The molecule has 2 aromatic heterocycles. The van der Waals surface area contributed by atoms with Crippen LogP contribution in [0.5, 0.6) is 11.5 Å². The van der Waals surface area contributed by atoms with Crippen molar-refractivity contribution in [3.63, 3.8) is 0 Å². The highest BCUT2D eigenvalue weighted by Crippen LogP contribution is 2.30. The van der Waals surface area contributed by atoms with Crippen molar-refractivity contribution in [3.8, 4) is 11.5 Å². The maximum atomic E-state index is 12.8. The van der Waals surface area contributed by atoms with Gasteiger partial charge in [0.1, 0.15) is 11.5 Å². The lowest BCUT2D eigenvalue weighted by molar-refractivity contribution is 0.0952. The summed E-state index contributed by atoms with van der Waals surface area (Å²) in [5.41, 5.74) is 3.57. The third-order valence-corrected chi connectivity index (χ3v) is 5.83. The number of pyridine rings is 1. The van der Waals surface area contributed by atoms with Crippen LogP contribution in [0.1, 0.15) is 41.9 Å². The Morgan fingerprint density at radius 3 is 2.50 bits per heavy atom. The zero-order valence-electron chi connectivity index (χ0n) is 21.2. The molecule has 8 nitrogen and oxygen atoms in total. The van der Waals surface area contributed by atoms with Gasteiger partial charge in [0, 0.05) is 25.8 Å². The third kappa shape index (κ3) is 5.80. The van der Waals surface area contributed by atoms with Gasteiger partial charge in [-0.2, -0.15) is 0 Å². The van der Waals surface area contributed by atoms with E-state index in [9.17, 15) is 4.79 Å². The normalized spacial score (nSPS) is 11.1. The Morgan fingerprint density at radius 1 is 1.09 bits per heavy atom. The number of amides is 1. The van der Waals surface area contributed by atoms with Crippen LogP contribution in [0.25, 0.3) is 5.65 Å². The summed E-state index contributed by atoms with van der Waals surface area (Å²) in [6, 6.07) is 9.74. The van der Waals surface area contributed by atoms with Crippen LogP contribution >= 0.6 is 0 Å². The molecule has 0 aliphatic heterocycles. The van der Waals surface area contributed by atoms with Gasteiger partial charge in [-0.3, -0.25) is 9.20 Å². The van der Waals surface area contributed by atoms with E-state index in [4.69, 9.17) is 14.5 Å². The maximum Gasteiger partial charge on any atom is 0.252 e. The number of nitrogens with zero attached hydrogens (tertiary/aromatic N) is 4. The van der Waals surface area contributed by atoms with Crippen molar-refractivity contribution in [1.29, 1.82) is 0 Å². The fraction of sp³-hybridized carbons (Fsp3) is 0.462. The SMILES string of the molecule is CCc1nc2ccc(C(=O)NCCCN(C)C)cn2c1N(CC)Cc1ccc(OC)c(OC)c1. The highest BCUT2D eigenvalue weighted by Gasteiger charge is 2.19. The molecular weight excluding hydrogens is 430 g/mol. The Morgan fingerprint density at radius 2 is 1.85 bits per heavy atom. The second-order valence-corrected chi connectivity index (χ2v) is 8.50. The number of rotatable bonds is 12. The molecule has 0 radical (unpaired) electrons. The number of ether oxygens (including phenoxy) is 2. The van der Waals surface area contributed by atoms with Crippen molar-refractivity contribution in [2.75, 3.05) is 52.8 Å². The Labute approximate surface area is 202 Å². The predicted octanol–water partition coefficient (Wildman–Crippen LogP) is 3.62. The molecule has 0 unspecified atom stereocenters. The second-order valence-electron chi connectivity index (χ2n) is 8.50. The molecule has 184 valence electrons. The second kappa shape index (κ2) is 11.7. The molecule has 8 heteroatoms. The summed E-state index contributed by atoms with van der Waals surface area (Å²) in [6.45, 7) is 7.28. The minimum atomic E-state index is -0.0682. The number of aryl methyl sites for hydroxylation is 1. The van der Waals surface area contributed by atoms with Crippen LogP contribution in [-0.4, -0.2) is 68.1 Å². The van der Waals surface area contributed by atoms with Crippen molar-refractivity contribution >= 4 is 17.4 Å². The van der Waals surface area contributed by atoms with Gasteiger partial charge in [-0.1, -0.05) is 13.0 Å². The molecular formula is C26H37N5O3. The zero-order chi connectivity index (χ0) is 24.7. The van der Waals surface area contributed by atoms with Crippen LogP contribution in [-0.2, 0) is 13.0 Å². The van der Waals surface area contributed by atoms with Crippen LogP contribution in [0.15, 0.2) is 36.5 Å². The van der Waals surface area contributed by atoms with E-state index in [0.717, 1.165) is 48.7 Å². The fourth-order valence-corrected chi connectivity index (χ4v) is 4.02. The zero-order valence-corrected chi connectivity index (χ0v) is 21.2. The number of hydrogen-bond acceptors (Lipinski definition) is 6. The number of benzene rings is 1. The molecule has 0 spiro atoms. The molecule has 0 fully saturated rings. The number of hydrogen-bond donors (Lipinski definition) is 1. The number of imidazole rings is 1. The topological polar surface area (TPSA) is 71.3 Å². The molecule has 0 saturated carbocycles. The number of fused-ring (bicyclic) bond motifs is 1. The number of anilines is 1. The van der Waals surface area contributed by atoms with E-state index in [-0.39, 0.29) is 5.91 Å². The first-order valence-electron chi connectivity index (χ1n) is 11.8. The summed E-state index contributed by atoms with van der Waals surface area (Å²) >= 11 is 0. The van der Waals surface area contributed by atoms with E-state index in [1.165, 1.54) is 0 Å². The maximum absolute atomic E-state index is 12.8. The highest BCUT2D eigenvalue weighted by molar-refractivity contribution is 5.94. The Balaban J connectivity index is 1.90. The molecule has 3 rings (SSSR count). The summed E-state index contributed by atoms with van der Waals surface area (Å²) in [5, 5.41) is 3.03. The third-order valence-electron chi connectivity index (χ3n) is 5.83. The molecule has 2 heterocycles. The van der Waals surface area contributed by atoms with Crippen molar-refractivity contribution in [1.82, 2.24) is 19.6 Å². The van der Waals surface area contributed by atoms with E-state index in [1.807, 2.05) is 55.0 Å². The van der Waals surface area contributed by atoms with E-state index in [1.54, 1.807) is 14.2 Å². The van der Waals surface area contributed by atoms with Crippen LogP contribution in [0.3, 0.4) is 0 Å². The van der Waals surface area contributed by atoms with Crippen molar-refractivity contribution in [3.05, 3.63) is 53.3 Å². The van der Waals surface area contributed by atoms with E-state index in [2.05, 4.69) is 29.0 Å². The minimum absolute atomic E-state index is 0.0682. The summed E-state index contributed by atoms with van der Waals surface area (Å²) in [4.78, 5) is 22.0. The van der Waals surface area contributed by atoms with E-state index >= 15 is 0 Å². The highest BCUT2D eigenvalue weighted by atomic mass is 16.5. The van der Waals surface area contributed by atoms with E-state index in [0.29, 0.717) is 30.2 Å². The van der Waals surface area contributed by atoms with Gasteiger partial charge < -0.3 is 24.6 Å². The summed E-state index contributed by atoms with van der Waals surface area (Å²) in [7, 11) is 7.34. The van der Waals surface area contributed by atoms with Gasteiger partial charge >= 0.3 is 0 Å². The van der Waals surface area contributed by atoms with Gasteiger partial charge in [0.15, 0.2) is 11.5 Å². The summed E-state index contributed by atoms with van der Waals surface area (Å²) in [6.07, 6.45) is 3.60. The van der Waals surface area contributed by atoms with Crippen molar-refractivity contribution in [2.24, 2.45) is 0 Å². The lowest BCUT2D eigenvalue weighted by Crippen LogP contribution is -2.27. The largest absolute Gasteiger partial charge is 0.493 e. The lowest BCUT2D eigenvalue weighted by Gasteiger charge is -2.24. The quantitative estimate of drug-likeness (QED) is 0.410. The first-order valence-corrected chi connectivity index (χ1v) is 11.8. The van der Waals surface area contributed by atoms with Gasteiger partial charge in [-0.05, 0) is 70.2 Å². The Hall–Kier alpha value is -3.26. The first kappa shape index (κ1) is 25.4. The molecule has 0 atom stereocenters. The van der Waals surface area contributed by atoms with Crippen LogP contribution in [0.4, 0.5) is 5.82 Å². The van der Waals surface area contributed by atoms with E-state index < -0.39 is 0 Å². The first-order chi connectivity index (χ1) is 16.4. The molecule has 0 aliphatic rings. The fourth-order valence-electron chi connectivity index (χ4n) is 4.02. The lowest BCUT2D eigenvalue weighted by atomic mass is 10.1. The standard InChI is InChI=1S/C26H37N5O3/c1-7-21-26(30(8-2)17-19-10-12-22(33-5)23(16-19)34-6)31-18-20(11-13-24(31)28-21)25(32)27-14-9-15-29(3)4/h10-13,16,18H,7-9,14-15,17H2,1-6H3,(H,27,32). The van der Waals surface area contributed by atoms with Gasteiger partial charge in [-0.15, -0.1) is 0 Å².